The normalized spacial score (nSPS) is 11.1. The van der Waals surface area contributed by atoms with Gasteiger partial charge in [-0.15, -0.1) is 0 Å². The Hall–Kier alpha value is -2.16. The summed E-state index contributed by atoms with van der Waals surface area (Å²) in [6.07, 6.45) is 3.67. The monoisotopic (exact) mass is 237 g/mol. The van der Waals surface area contributed by atoms with Gasteiger partial charge in [-0.1, -0.05) is 17.7 Å². The molecule has 0 atom stereocenters. The molecule has 0 amide bonds. The van der Waals surface area contributed by atoms with Gasteiger partial charge in [0, 0.05) is 11.6 Å². The molecule has 0 aliphatic heterocycles. The van der Waals surface area contributed by atoms with Crippen LogP contribution in [0.1, 0.15) is 16.7 Å². The zero-order valence-corrected chi connectivity index (χ0v) is 10.8. The predicted octanol–water partition coefficient (Wildman–Crippen LogP) is 3.35. The van der Waals surface area contributed by atoms with Crippen molar-refractivity contribution >= 4 is 11.0 Å². The first kappa shape index (κ1) is 11.0. The summed E-state index contributed by atoms with van der Waals surface area (Å²) in [4.78, 5) is 4.42. The molecule has 0 N–H and O–H groups in total. The summed E-state index contributed by atoms with van der Waals surface area (Å²) in [5, 5.41) is 5.54. The number of fused-ring (bicyclic) bond motifs is 1. The Balaban J connectivity index is 2.33. The smallest absolute Gasteiger partial charge is 0.162 e. The summed E-state index contributed by atoms with van der Waals surface area (Å²) >= 11 is 0. The molecule has 2 heterocycles. The Kier molecular flexibility index (Phi) is 2.40. The molecular formula is C15H15N3. The lowest BCUT2D eigenvalue weighted by molar-refractivity contribution is 0.880. The first-order valence-electron chi connectivity index (χ1n) is 6.04. The average molecular weight is 237 g/mol. The van der Waals surface area contributed by atoms with Crippen molar-refractivity contribution in [2.24, 2.45) is 0 Å². The van der Waals surface area contributed by atoms with Gasteiger partial charge in [-0.2, -0.15) is 5.10 Å². The van der Waals surface area contributed by atoms with Gasteiger partial charge >= 0.3 is 0 Å². The van der Waals surface area contributed by atoms with Crippen molar-refractivity contribution in [1.82, 2.24) is 14.8 Å². The van der Waals surface area contributed by atoms with E-state index in [1.807, 2.05) is 23.0 Å². The molecule has 3 aromatic rings. The van der Waals surface area contributed by atoms with Gasteiger partial charge in [-0.25, -0.2) is 9.67 Å². The molecule has 0 aliphatic carbocycles. The second-order valence-electron chi connectivity index (χ2n) is 4.72. The van der Waals surface area contributed by atoms with Crippen LogP contribution >= 0.6 is 0 Å². The molecule has 0 bridgehead atoms. The van der Waals surface area contributed by atoms with E-state index in [-0.39, 0.29) is 0 Å². The molecule has 0 aliphatic rings. The Bertz CT molecular complexity index is 702. The van der Waals surface area contributed by atoms with E-state index in [2.05, 4.69) is 43.0 Å². The fourth-order valence-corrected chi connectivity index (χ4v) is 2.53. The highest BCUT2D eigenvalue weighted by molar-refractivity contribution is 5.76. The summed E-state index contributed by atoms with van der Waals surface area (Å²) in [6, 6.07) is 8.32. The van der Waals surface area contributed by atoms with Crippen molar-refractivity contribution in [3.8, 4) is 5.69 Å². The zero-order chi connectivity index (χ0) is 12.7. The second-order valence-corrected chi connectivity index (χ2v) is 4.72. The fraction of sp³-hybridized carbons (Fsp3) is 0.200. The molecule has 3 heteroatoms. The minimum Gasteiger partial charge on any atom is -0.237 e. The van der Waals surface area contributed by atoms with Gasteiger partial charge in [0.1, 0.15) is 0 Å². The molecule has 0 unspecified atom stereocenters. The Morgan fingerprint density at radius 3 is 2.50 bits per heavy atom. The van der Waals surface area contributed by atoms with Crippen LogP contribution in [0.2, 0.25) is 0 Å². The van der Waals surface area contributed by atoms with Crippen LogP contribution in [0.25, 0.3) is 16.7 Å². The summed E-state index contributed by atoms with van der Waals surface area (Å²) in [5.41, 5.74) is 5.77. The molecule has 18 heavy (non-hydrogen) atoms. The largest absolute Gasteiger partial charge is 0.237 e. The lowest BCUT2D eigenvalue weighted by Gasteiger charge is -2.11. The molecular weight excluding hydrogens is 222 g/mol. The lowest BCUT2D eigenvalue weighted by Crippen LogP contribution is -2.03. The third kappa shape index (κ3) is 1.59. The van der Waals surface area contributed by atoms with Gasteiger partial charge in [0.2, 0.25) is 0 Å². The maximum absolute atomic E-state index is 4.47. The molecule has 0 spiro atoms. The minimum absolute atomic E-state index is 0.910. The molecule has 0 saturated carbocycles. The summed E-state index contributed by atoms with van der Waals surface area (Å²) in [5.74, 6) is 0. The molecule has 1 aromatic carbocycles. The quantitative estimate of drug-likeness (QED) is 0.650. The van der Waals surface area contributed by atoms with Crippen LogP contribution in [0.3, 0.4) is 0 Å². The van der Waals surface area contributed by atoms with Gasteiger partial charge in [0.15, 0.2) is 5.65 Å². The number of hydrogen-bond donors (Lipinski definition) is 0. The van der Waals surface area contributed by atoms with Gasteiger partial charge in [-0.05, 0) is 44.0 Å². The molecule has 0 saturated heterocycles. The van der Waals surface area contributed by atoms with Crippen LogP contribution < -0.4 is 0 Å². The first-order chi connectivity index (χ1) is 8.66. The van der Waals surface area contributed by atoms with Crippen LogP contribution in [0, 0.1) is 20.8 Å². The van der Waals surface area contributed by atoms with Gasteiger partial charge in [0.25, 0.3) is 0 Å². The van der Waals surface area contributed by atoms with Gasteiger partial charge in [-0.3, -0.25) is 0 Å². The van der Waals surface area contributed by atoms with Crippen LogP contribution in [-0.4, -0.2) is 14.8 Å². The maximum Gasteiger partial charge on any atom is 0.162 e. The van der Waals surface area contributed by atoms with Crippen LogP contribution in [0.4, 0.5) is 0 Å². The summed E-state index contributed by atoms with van der Waals surface area (Å²) < 4.78 is 1.93. The molecule has 2 aromatic heterocycles. The Morgan fingerprint density at radius 1 is 1.06 bits per heavy atom. The van der Waals surface area contributed by atoms with E-state index in [0.717, 1.165) is 16.7 Å². The predicted molar refractivity (Wildman–Crippen MR) is 73.1 cm³/mol. The highest BCUT2D eigenvalue weighted by Crippen LogP contribution is 2.23. The Labute approximate surface area is 106 Å². The number of aryl methyl sites for hydroxylation is 3. The number of rotatable bonds is 1. The van der Waals surface area contributed by atoms with E-state index in [9.17, 15) is 0 Å². The average Bonchev–Trinajstić information content (AvgIpc) is 2.72. The fourth-order valence-electron chi connectivity index (χ4n) is 2.53. The number of benzene rings is 1. The van der Waals surface area contributed by atoms with E-state index >= 15 is 0 Å². The standard InChI is InChI=1S/C15H15N3/c1-10-7-11(2)14(12(3)8-10)18-15-13(9-17-18)5-4-6-16-15/h4-9H,1-3H3. The molecule has 3 rings (SSSR count). The second kappa shape index (κ2) is 3.95. The number of hydrogen-bond acceptors (Lipinski definition) is 2. The minimum atomic E-state index is 0.910. The SMILES string of the molecule is Cc1cc(C)c(-n2ncc3cccnc32)c(C)c1. The number of nitrogens with zero attached hydrogens (tertiary/aromatic N) is 3. The number of aromatic nitrogens is 3. The van der Waals surface area contributed by atoms with Crippen LogP contribution in [-0.2, 0) is 0 Å². The van der Waals surface area contributed by atoms with E-state index < -0.39 is 0 Å². The highest BCUT2D eigenvalue weighted by Gasteiger charge is 2.10. The highest BCUT2D eigenvalue weighted by atomic mass is 15.3. The van der Waals surface area contributed by atoms with E-state index in [4.69, 9.17) is 0 Å². The summed E-state index contributed by atoms with van der Waals surface area (Å²) in [7, 11) is 0. The van der Waals surface area contributed by atoms with E-state index in [1.165, 1.54) is 16.7 Å². The first-order valence-corrected chi connectivity index (χ1v) is 6.04. The molecule has 90 valence electrons. The third-order valence-electron chi connectivity index (χ3n) is 3.18. The van der Waals surface area contributed by atoms with E-state index in [0.29, 0.717) is 0 Å². The van der Waals surface area contributed by atoms with Crippen molar-refractivity contribution < 1.29 is 0 Å². The topological polar surface area (TPSA) is 30.7 Å². The lowest BCUT2D eigenvalue weighted by atomic mass is 10.1. The maximum atomic E-state index is 4.47. The number of pyridine rings is 1. The van der Waals surface area contributed by atoms with Gasteiger partial charge in [0.05, 0.1) is 11.9 Å². The van der Waals surface area contributed by atoms with Crippen molar-refractivity contribution in [1.29, 1.82) is 0 Å². The van der Waals surface area contributed by atoms with Crippen LogP contribution in [0.15, 0.2) is 36.7 Å². The molecule has 0 fully saturated rings. The molecule has 0 radical (unpaired) electrons. The van der Waals surface area contributed by atoms with Crippen molar-refractivity contribution in [2.75, 3.05) is 0 Å². The van der Waals surface area contributed by atoms with Crippen molar-refractivity contribution in [3.05, 3.63) is 53.3 Å². The molecule has 3 nitrogen and oxygen atoms in total. The zero-order valence-electron chi connectivity index (χ0n) is 10.8. The van der Waals surface area contributed by atoms with Crippen molar-refractivity contribution in [3.63, 3.8) is 0 Å². The van der Waals surface area contributed by atoms with Crippen LogP contribution in [0.5, 0.6) is 0 Å². The Morgan fingerprint density at radius 2 is 1.78 bits per heavy atom. The van der Waals surface area contributed by atoms with E-state index in [1.54, 1.807) is 6.20 Å². The third-order valence-corrected chi connectivity index (χ3v) is 3.18. The summed E-state index contributed by atoms with van der Waals surface area (Å²) in [6.45, 7) is 6.35. The van der Waals surface area contributed by atoms with Crippen molar-refractivity contribution in [2.45, 2.75) is 20.8 Å². The van der Waals surface area contributed by atoms with Gasteiger partial charge < -0.3 is 0 Å².